The van der Waals surface area contributed by atoms with Crippen LogP contribution >= 0.6 is 0 Å². The normalized spacial score (nSPS) is 20.8. The molecule has 0 spiro atoms. The molecule has 0 N–H and O–H groups in total. The van der Waals surface area contributed by atoms with Crippen molar-refractivity contribution in [3.63, 3.8) is 0 Å². The molecule has 4 aromatic rings. The highest BCUT2D eigenvalue weighted by atomic mass is 19.4. The van der Waals surface area contributed by atoms with E-state index in [1.807, 2.05) is 19.1 Å². The van der Waals surface area contributed by atoms with E-state index >= 15 is 0 Å². The number of aryl methyl sites for hydroxylation is 2. The monoisotopic (exact) mass is 435 g/mol. The van der Waals surface area contributed by atoms with E-state index in [2.05, 4.69) is 0 Å². The van der Waals surface area contributed by atoms with Crippen molar-refractivity contribution in [1.82, 2.24) is 4.57 Å². The number of para-hydroxylation sites is 1. The number of halogens is 3. The van der Waals surface area contributed by atoms with Gasteiger partial charge in [0.2, 0.25) is 0 Å². The Balaban J connectivity index is 2.02. The first-order valence-corrected chi connectivity index (χ1v) is 10.2. The number of carbonyl (C=O) groups excluding carboxylic acids is 1. The van der Waals surface area contributed by atoms with Crippen LogP contribution in [0.1, 0.15) is 22.4 Å². The highest BCUT2D eigenvalue weighted by molar-refractivity contribution is 5.96. The maximum absolute atomic E-state index is 14.7. The standard InChI is InChI=1S/C26H20F3NO2/c1-16-12-14-18(15-13-16)25(17-8-4-3-5-9-17)22(26(27,28)29)24(31)32-21-19-10-6-7-11-20(19)30(2)23(21)25/h3-15,22H,1-2H3. The van der Waals surface area contributed by atoms with Crippen LogP contribution in [0.2, 0.25) is 0 Å². The molecule has 2 heterocycles. The molecule has 2 atom stereocenters. The van der Waals surface area contributed by atoms with Crippen LogP contribution in [0.25, 0.3) is 10.9 Å². The maximum Gasteiger partial charge on any atom is 0.403 e. The van der Waals surface area contributed by atoms with Crippen molar-refractivity contribution >= 4 is 16.9 Å². The summed E-state index contributed by atoms with van der Waals surface area (Å²) >= 11 is 0. The van der Waals surface area contributed by atoms with Gasteiger partial charge in [-0.3, -0.25) is 4.79 Å². The molecule has 1 aliphatic heterocycles. The molecule has 162 valence electrons. The third kappa shape index (κ3) is 2.72. The quantitative estimate of drug-likeness (QED) is 0.366. The Morgan fingerprint density at radius 3 is 2.12 bits per heavy atom. The van der Waals surface area contributed by atoms with Crippen molar-refractivity contribution in [2.75, 3.05) is 0 Å². The Hall–Kier alpha value is -3.54. The van der Waals surface area contributed by atoms with E-state index in [0.717, 1.165) is 5.56 Å². The minimum absolute atomic E-state index is 0.179. The van der Waals surface area contributed by atoms with Crippen LogP contribution in [-0.2, 0) is 17.3 Å². The van der Waals surface area contributed by atoms with Gasteiger partial charge in [0.25, 0.3) is 0 Å². The second-order valence-corrected chi connectivity index (χ2v) is 8.19. The molecular formula is C26H20F3NO2. The molecule has 0 fully saturated rings. The molecule has 32 heavy (non-hydrogen) atoms. The number of hydrogen-bond donors (Lipinski definition) is 0. The molecule has 0 saturated heterocycles. The molecule has 0 bridgehead atoms. The van der Waals surface area contributed by atoms with Gasteiger partial charge in [-0.1, -0.05) is 72.3 Å². The van der Waals surface area contributed by atoms with Gasteiger partial charge in [0.15, 0.2) is 11.7 Å². The fourth-order valence-electron chi connectivity index (χ4n) is 5.05. The Bertz CT molecular complexity index is 1320. The van der Waals surface area contributed by atoms with Gasteiger partial charge in [0.05, 0.1) is 16.6 Å². The average molecular weight is 435 g/mol. The van der Waals surface area contributed by atoms with Crippen LogP contribution in [0.4, 0.5) is 13.2 Å². The molecule has 5 rings (SSSR count). The molecule has 6 heteroatoms. The number of benzene rings is 3. The van der Waals surface area contributed by atoms with Crippen LogP contribution in [-0.4, -0.2) is 16.7 Å². The summed E-state index contributed by atoms with van der Waals surface area (Å²) in [7, 11) is 1.72. The minimum Gasteiger partial charge on any atom is -0.423 e. The van der Waals surface area contributed by atoms with E-state index in [0.29, 0.717) is 27.7 Å². The summed E-state index contributed by atoms with van der Waals surface area (Å²) in [6.07, 6.45) is -4.84. The van der Waals surface area contributed by atoms with Gasteiger partial charge in [-0.05, 0) is 30.2 Å². The SMILES string of the molecule is Cc1ccc(C2(c3ccccc3)c3c(c4ccccc4n3C)OC(=O)C2C(F)(F)F)cc1. The Labute approximate surface area is 183 Å². The van der Waals surface area contributed by atoms with Gasteiger partial charge in [0, 0.05) is 12.4 Å². The smallest absolute Gasteiger partial charge is 0.403 e. The summed E-state index contributed by atoms with van der Waals surface area (Å²) in [6, 6.07) is 22.5. The number of hydrogen-bond acceptors (Lipinski definition) is 2. The van der Waals surface area contributed by atoms with Crippen LogP contribution in [0, 0.1) is 12.8 Å². The molecule has 1 aromatic heterocycles. The third-order valence-corrected chi connectivity index (χ3v) is 6.37. The molecule has 2 unspecified atom stereocenters. The molecule has 1 aliphatic rings. The predicted molar refractivity (Wildman–Crippen MR) is 116 cm³/mol. The predicted octanol–water partition coefficient (Wildman–Crippen LogP) is 5.92. The van der Waals surface area contributed by atoms with Crippen LogP contribution in [0.5, 0.6) is 5.75 Å². The van der Waals surface area contributed by atoms with Crippen molar-refractivity contribution in [3.05, 3.63) is 101 Å². The average Bonchev–Trinajstić information content (AvgIpc) is 3.05. The topological polar surface area (TPSA) is 31.2 Å². The van der Waals surface area contributed by atoms with E-state index in [4.69, 9.17) is 4.74 Å². The first-order chi connectivity index (χ1) is 15.3. The van der Waals surface area contributed by atoms with Crippen LogP contribution in [0.3, 0.4) is 0 Å². The summed E-state index contributed by atoms with van der Waals surface area (Å²) in [5, 5.41) is 0.603. The number of alkyl halides is 3. The molecule has 3 nitrogen and oxygen atoms in total. The Morgan fingerprint density at radius 2 is 1.47 bits per heavy atom. The highest BCUT2D eigenvalue weighted by Crippen LogP contribution is 2.58. The summed E-state index contributed by atoms with van der Waals surface area (Å²) in [5.74, 6) is -3.53. The van der Waals surface area contributed by atoms with Gasteiger partial charge >= 0.3 is 12.1 Å². The number of ether oxygens (including phenoxy) is 1. The third-order valence-electron chi connectivity index (χ3n) is 6.37. The summed E-state index contributed by atoms with van der Waals surface area (Å²) in [6.45, 7) is 1.87. The lowest BCUT2D eigenvalue weighted by Crippen LogP contribution is -2.54. The molecule has 0 saturated carbocycles. The minimum atomic E-state index is -4.84. The molecule has 0 radical (unpaired) electrons. The fraction of sp³-hybridized carbons (Fsp3) is 0.192. The molecule has 0 aliphatic carbocycles. The number of rotatable bonds is 2. The van der Waals surface area contributed by atoms with Gasteiger partial charge in [-0.15, -0.1) is 0 Å². The first-order valence-electron chi connectivity index (χ1n) is 10.2. The largest absolute Gasteiger partial charge is 0.423 e. The second kappa shape index (κ2) is 6.99. The number of fused-ring (bicyclic) bond motifs is 3. The zero-order valence-corrected chi connectivity index (χ0v) is 17.5. The molecule has 0 amide bonds. The highest BCUT2D eigenvalue weighted by Gasteiger charge is 2.65. The van der Waals surface area contributed by atoms with Gasteiger partial charge in [-0.2, -0.15) is 13.2 Å². The summed E-state index contributed by atoms with van der Waals surface area (Å²) < 4.78 is 51.3. The summed E-state index contributed by atoms with van der Waals surface area (Å²) in [4.78, 5) is 13.1. The van der Waals surface area contributed by atoms with Crippen LogP contribution in [0.15, 0.2) is 78.9 Å². The van der Waals surface area contributed by atoms with E-state index in [1.54, 1.807) is 78.3 Å². The summed E-state index contributed by atoms with van der Waals surface area (Å²) in [5.41, 5.74) is 0.883. The Morgan fingerprint density at radius 1 is 0.875 bits per heavy atom. The van der Waals surface area contributed by atoms with E-state index < -0.39 is 23.5 Å². The van der Waals surface area contributed by atoms with Crippen molar-refractivity contribution in [2.45, 2.75) is 18.5 Å². The maximum atomic E-state index is 14.7. The molecular weight excluding hydrogens is 415 g/mol. The lowest BCUT2D eigenvalue weighted by atomic mass is 9.62. The number of nitrogens with zero attached hydrogens (tertiary/aromatic N) is 1. The number of esters is 1. The Kier molecular flexibility index (Phi) is 4.45. The van der Waals surface area contributed by atoms with Crippen molar-refractivity contribution in [1.29, 1.82) is 0 Å². The lowest BCUT2D eigenvalue weighted by Gasteiger charge is -2.44. The van der Waals surface area contributed by atoms with E-state index in [-0.39, 0.29) is 5.75 Å². The van der Waals surface area contributed by atoms with Gasteiger partial charge in [-0.25, -0.2) is 0 Å². The first kappa shape index (κ1) is 20.4. The van der Waals surface area contributed by atoms with E-state index in [9.17, 15) is 18.0 Å². The fourth-order valence-corrected chi connectivity index (χ4v) is 5.05. The zero-order valence-electron chi connectivity index (χ0n) is 17.5. The van der Waals surface area contributed by atoms with Crippen molar-refractivity contribution in [2.24, 2.45) is 13.0 Å². The van der Waals surface area contributed by atoms with Crippen LogP contribution < -0.4 is 4.74 Å². The zero-order chi connectivity index (χ0) is 22.7. The number of aromatic nitrogens is 1. The molecule has 3 aromatic carbocycles. The van der Waals surface area contributed by atoms with E-state index in [1.165, 1.54) is 0 Å². The van der Waals surface area contributed by atoms with Gasteiger partial charge < -0.3 is 9.30 Å². The van der Waals surface area contributed by atoms with Gasteiger partial charge in [0.1, 0.15) is 0 Å². The van der Waals surface area contributed by atoms with Crippen molar-refractivity contribution in [3.8, 4) is 5.75 Å². The lowest BCUT2D eigenvalue weighted by molar-refractivity contribution is -0.203. The second-order valence-electron chi connectivity index (χ2n) is 8.19. The van der Waals surface area contributed by atoms with Crippen molar-refractivity contribution < 1.29 is 22.7 Å². The number of carbonyl (C=O) groups is 1.